The first-order valence-electron chi connectivity index (χ1n) is 9.09. The zero-order chi connectivity index (χ0) is 19.3. The van der Waals surface area contributed by atoms with Crippen LogP contribution < -0.4 is 9.46 Å². The van der Waals surface area contributed by atoms with Crippen LogP contribution >= 0.6 is 0 Å². The normalized spacial score (nSPS) is 18.2. The van der Waals surface area contributed by atoms with E-state index in [1.165, 1.54) is 10.4 Å². The monoisotopic (exact) mass is 393 g/mol. The van der Waals surface area contributed by atoms with Crippen molar-refractivity contribution in [1.82, 2.24) is 9.29 Å². The summed E-state index contributed by atoms with van der Waals surface area (Å²) in [5.74, 6) is 0.0986. The van der Waals surface area contributed by atoms with Gasteiger partial charge >= 0.3 is 10.2 Å². The number of halogens is 1. The Bertz CT molecular complexity index is 876. The van der Waals surface area contributed by atoms with Gasteiger partial charge < -0.3 is 4.74 Å². The number of piperidine rings is 1. The van der Waals surface area contributed by atoms with Crippen molar-refractivity contribution in [3.63, 3.8) is 0 Å². The van der Waals surface area contributed by atoms with E-state index in [1.807, 2.05) is 13.0 Å². The standard InChI is InChI=1S/C19H24FN3O3S/c1-2-16-8-5-11-19(21-16)22-27(24,25)23-12-6-7-15(13-23)14-26-18-10-4-3-9-17(18)20/h3-5,8-11,15H,2,6-7,12-14H2,1H3,(H,21,22). The van der Waals surface area contributed by atoms with Crippen LogP contribution in [0.25, 0.3) is 0 Å². The van der Waals surface area contributed by atoms with E-state index in [2.05, 4.69) is 9.71 Å². The van der Waals surface area contributed by atoms with Gasteiger partial charge in [0, 0.05) is 24.7 Å². The molecule has 0 bridgehead atoms. The Morgan fingerprint density at radius 3 is 2.85 bits per heavy atom. The number of benzene rings is 1. The zero-order valence-electron chi connectivity index (χ0n) is 15.3. The Balaban J connectivity index is 1.61. The minimum atomic E-state index is -3.69. The van der Waals surface area contributed by atoms with Crippen molar-refractivity contribution in [1.29, 1.82) is 0 Å². The van der Waals surface area contributed by atoms with Gasteiger partial charge in [-0.1, -0.05) is 25.1 Å². The van der Waals surface area contributed by atoms with E-state index in [9.17, 15) is 12.8 Å². The molecule has 0 aliphatic carbocycles. The van der Waals surface area contributed by atoms with Gasteiger partial charge in [0.25, 0.3) is 0 Å². The summed E-state index contributed by atoms with van der Waals surface area (Å²) in [6, 6.07) is 11.5. The second-order valence-electron chi connectivity index (χ2n) is 6.58. The zero-order valence-corrected chi connectivity index (χ0v) is 16.1. The second kappa shape index (κ2) is 8.67. The Labute approximate surface area is 159 Å². The highest BCUT2D eigenvalue weighted by molar-refractivity contribution is 7.90. The number of nitrogens with one attached hydrogen (secondary N) is 1. The molecule has 0 spiro atoms. The van der Waals surface area contributed by atoms with Gasteiger partial charge in [-0.25, -0.2) is 9.37 Å². The van der Waals surface area contributed by atoms with E-state index in [1.54, 1.807) is 30.3 Å². The molecule has 1 aromatic carbocycles. The van der Waals surface area contributed by atoms with E-state index in [4.69, 9.17) is 4.74 Å². The summed E-state index contributed by atoms with van der Waals surface area (Å²) >= 11 is 0. The van der Waals surface area contributed by atoms with Gasteiger partial charge in [0.1, 0.15) is 5.82 Å². The second-order valence-corrected chi connectivity index (χ2v) is 8.25. The summed E-state index contributed by atoms with van der Waals surface area (Å²) < 4.78 is 48.6. The lowest BCUT2D eigenvalue weighted by molar-refractivity contribution is 0.176. The van der Waals surface area contributed by atoms with Crippen LogP contribution in [0.5, 0.6) is 5.75 Å². The quantitative estimate of drug-likeness (QED) is 0.784. The number of aromatic nitrogens is 1. The largest absolute Gasteiger partial charge is 0.490 e. The lowest BCUT2D eigenvalue weighted by atomic mass is 10.0. The highest BCUT2D eigenvalue weighted by Crippen LogP contribution is 2.23. The molecule has 1 aliphatic rings. The summed E-state index contributed by atoms with van der Waals surface area (Å²) in [5, 5.41) is 0. The van der Waals surface area contributed by atoms with E-state index in [0.29, 0.717) is 18.9 Å². The van der Waals surface area contributed by atoms with Crippen LogP contribution in [0.4, 0.5) is 10.2 Å². The van der Waals surface area contributed by atoms with Gasteiger partial charge in [-0.2, -0.15) is 12.7 Å². The first kappa shape index (κ1) is 19.6. The first-order valence-corrected chi connectivity index (χ1v) is 10.5. The maximum absolute atomic E-state index is 13.7. The van der Waals surface area contributed by atoms with Crippen LogP contribution in [-0.2, 0) is 16.6 Å². The molecule has 2 heterocycles. The summed E-state index contributed by atoms with van der Waals surface area (Å²) in [6.07, 6.45) is 2.30. The van der Waals surface area contributed by atoms with Crippen molar-refractivity contribution >= 4 is 16.0 Å². The fourth-order valence-electron chi connectivity index (χ4n) is 3.08. The molecule has 1 aliphatic heterocycles. The smallest absolute Gasteiger partial charge is 0.302 e. The molecule has 1 aromatic heterocycles. The van der Waals surface area contributed by atoms with E-state index < -0.39 is 16.0 Å². The molecule has 27 heavy (non-hydrogen) atoms. The maximum atomic E-state index is 13.7. The predicted molar refractivity (Wildman–Crippen MR) is 102 cm³/mol. The number of rotatable bonds is 7. The predicted octanol–water partition coefficient (Wildman–Crippen LogP) is 3.23. The van der Waals surface area contributed by atoms with E-state index >= 15 is 0 Å². The summed E-state index contributed by atoms with van der Waals surface area (Å²) in [6.45, 7) is 3.01. The van der Waals surface area contributed by atoms with Gasteiger partial charge in [0.05, 0.1) is 6.61 Å². The molecule has 1 saturated heterocycles. The van der Waals surface area contributed by atoms with Gasteiger partial charge in [0.15, 0.2) is 11.6 Å². The Hall–Kier alpha value is -2.19. The molecule has 1 atom stereocenters. The van der Waals surface area contributed by atoms with Crippen LogP contribution in [0.2, 0.25) is 0 Å². The topological polar surface area (TPSA) is 71.5 Å². The lowest BCUT2D eigenvalue weighted by Crippen LogP contribution is -2.44. The number of hydrogen-bond donors (Lipinski definition) is 1. The summed E-state index contributed by atoms with van der Waals surface area (Å²) in [7, 11) is -3.69. The van der Waals surface area contributed by atoms with Crippen LogP contribution in [0.15, 0.2) is 42.5 Å². The van der Waals surface area contributed by atoms with Crippen molar-refractivity contribution < 1.29 is 17.5 Å². The molecule has 0 amide bonds. The molecule has 1 N–H and O–H groups in total. The third-order valence-electron chi connectivity index (χ3n) is 4.54. The fourth-order valence-corrected chi connectivity index (χ4v) is 4.36. The molecule has 8 heteroatoms. The minimum absolute atomic E-state index is 0.00451. The minimum Gasteiger partial charge on any atom is -0.490 e. The third kappa shape index (κ3) is 5.17. The van der Waals surface area contributed by atoms with Crippen molar-refractivity contribution in [3.8, 4) is 5.75 Å². The van der Waals surface area contributed by atoms with Crippen LogP contribution in [-0.4, -0.2) is 37.4 Å². The number of nitrogens with zero attached hydrogens (tertiary/aromatic N) is 2. The van der Waals surface area contributed by atoms with Gasteiger partial charge in [0.2, 0.25) is 0 Å². The first-order chi connectivity index (χ1) is 13.0. The molecule has 3 rings (SSSR count). The van der Waals surface area contributed by atoms with Gasteiger partial charge in [-0.05, 0) is 43.5 Å². The van der Waals surface area contributed by atoms with Gasteiger partial charge in [-0.15, -0.1) is 0 Å². The van der Waals surface area contributed by atoms with Crippen LogP contribution in [0.3, 0.4) is 0 Å². The molecule has 6 nitrogen and oxygen atoms in total. The molecule has 1 fully saturated rings. The molecular weight excluding hydrogens is 369 g/mol. The SMILES string of the molecule is CCc1cccc(NS(=O)(=O)N2CCCC(COc3ccccc3F)C2)n1. The number of para-hydroxylation sites is 1. The number of aryl methyl sites for hydroxylation is 1. The molecule has 2 aromatic rings. The van der Waals surface area contributed by atoms with Crippen molar-refractivity contribution in [3.05, 3.63) is 54.0 Å². The number of hydrogen-bond acceptors (Lipinski definition) is 4. The third-order valence-corrected chi connectivity index (χ3v) is 6.01. The highest BCUT2D eigenvalue weighted by Gasteiger charge is 2.29. The maximum Gasteiger partial charge on any atom is 0.302 e. The lowest BCUT2D eigenvalue weighted by Gasteiger charge is -2.31. The summed E-state index contributed by atoms with van der Waals surface area (Å²) in [5.41, 5.74) is 0.824. The van der Waals surface area contributed by atoms with Crippen LogP contribution in [0.1, 0.15) is 25.5 Å². The van der Waals surface area contributed by atoms with Crippen molar-refractivity contribution in [2.75, 3.05) is 24.4 Å². The Morgan fingerprint density at radius 2 is 2.07 bits per heavy atom. The fraction of sp³-hybridized carbons (Fsp3) is 0.421. The Kier molecular flexibility index (Phi) is 6.28. The van der Waals surface area contributed by atoms with Crippen molar-refractivity contribution in [2.24, 2.45) is 5.92 Å². The van der Waals surface area contributed by atoms with Crippen LogP contribution in [0, 0.1) is 11.7 Å². The molecule has 1 unspecified atom stereocenters. The van der Waals surface area contributed by atoms with E-state index in [-0.39, 0.29) is 18.3 Å². The molecule has 0 saturated carbocycles. The number of ether oxygens (including phenoxy) is 1. The Morgan fingerprint density at radius 1 is 1.26 bits per heavy atom. The number of anilines is 1. The number of pyridine rings is 1. The van der Waals surface area contributed by atoms with Crippen molar-refractivity contribution in [2.45, 2.75) is 26.2 Å². The average molecular weight is 393 g/mol. The molecule has 146 valence electrons. The molecular formula is C19H24FN3O3S. The van der Waals surface area contributed by atoms with E-state index in [0.717, 1.165) is 25.0 Å². The van der Waals surface area contributed by atoms with Gasteiger partial charge in [-0.3, -0.25) is 4.72 Å². The summed E-state index contributed by atoms with van der Waals surface area (Å²) in [4.78, 5) is 4.29. The molecule has 0 radical (unpaired) electrons. The average Bonchev–Trinajstić information content (AvgIpc) is 2.67. The highest BCUT2D eigenvalue weighted by atomic mass is 32.2.